The van der Waals surface area contributed by atoms with E-state index in [1.54, 1.807) is 0 Å². The van der Waals surface area contributed by atoms with Crippen molar-refractivity contribution in [1.29, 1.82) is 0 Å². The van der Waals surface area contributed by atoms with Crippen LogP contribution in [0, 0.1) is 0 Å². The average molecular weight is 1290 g/mol. The first-order valence-corrected chi connectivity index (χ1v) is 38.7. The first kappa shape index (κ1) is 59.9. The van der Waals surface area contributed by atoms with Crippen LogP contribution in [0.25, 0.3) is 126 Å². The highest BCUT2D eigenvalue weighted by Gasteiger charge is 2.28. The summed E-state index contributed by atoms with van der Waals surface area (Å²) in [7, 11) is 0. The van der Waals surface area contributed by atoms with Crippen LogP contribution in [-0.2, 0) is 32.1 Å². The number of aryl methyl sites for hydroxylation is 5. The molecule has 8 nitrogen and oxygen atoms in total. The number of H-pyrrole nitrogens is 2. The van der Waals surface area contributed by atoms with Gasteiger partial charge in [0.2, 0.25) is 0 Å². The summed E-state index contributed by atoms with van der Waals surface area (Å²) < 4.78 is 2.19. The molecule has 0 amide bonds. The van der Waals surface area contributed by atoms with E-state index in [0.717, 1.165) is 89.3 Å². The molecule has 0 aliphatic carbocycles. The van der Waals surface area contributed by atoms with Crippen LogP contribution in [0.5, 0.6) is 0 Å². The number of aromatic nitrogens is 8. The van der Waals surface area contributed by atoms with Crippen molar-refractivity contribution in [2.45, 2.75) is 195 Å². The molecule has 16 heteroatoms. The fourth-order valence-corrected chi connectivity index (χ4v) is 21.2. The Morgan fingerprint density at radius 2 is 0.756 bits per heavy atom. The normalized spacial score (nSPS) is 12.2. The van der Waals surface area contributed by atoms with E-state index in [1.165, 1.54) is 200 Å². The molecule has 0 aromatic carbocycles. The van der Waals surface area contributed by atoms with Crippen molar-refractivity contribution in [1.82, 2.24) is 39.9 Å². The van der Waals surface area contributed by atoms with Gasteiger partial charge in [0.15, 0.2) is 34.6 Å². The predicted octanol–water partition coefficient (Wildman–Crippen LogP) is 24.6. The summed E-state index contributed by atoms with van der Waals surface area (Å²) in [5, 5.41) is 4.43. The summed E-state index contributed by atoms with van der Waals surface area (Å²) in [5.41, 5.74) is 8.22. The monoisotopic (exact) mass is 1290 g/mol. The summed E-state index contributed by atoms with van der Waals surface area (Å²) in [4.78, 5) is 57.5. The van der Waals surface area contributed by atoms with Gasteiger partial charge < -0.3 is 9.97 Å². The molecule has 86 heavy (non-hydrogen) atoms. The van der Waals surface area contributed by atoms with Crippen molar-refractivity contribution in [3.63, 3.8) is 0 Å². The molecule has 2 aliphatic heterocycles. The summed E-state index contributed by atoms with van der Waals surface area (Å²) in [6.07, 6.45) is 30.1. The minimum atomic E-state index is 0.695. The van der Waals surface area contributed by atoms with E-state index in [2.05, 4.69) is 111 Å². The third-order valence-electron chi connectivity index (χ3n) is 16.8. The lowest BCUT2D eigenvalue weighted by atomic mass is 10.1. The maximum atomic E-state index is 5.58. The third kappa shape index (κ3) is 12.9. The Hall–Kier alpha value is -5.04. The second-order valence-electron chi connectivity index (χ2n) is 23.5. The van der Waals surface area contributed by atoms with Crippen molar-refractivity contribution < 1.29 is 0 Å². The molecule has 0 radical (unpaired) electrons. The maximum absolute atomic E-state index is 5.58. The van der Waals surface area contributed by atoms with Gasteiger partial charge in [0.05, 0.1) is 19.2 Å². The Kier molecular flexibility index (Phi) is 19.3. The molecule has 0 spiro atoms. The van der Waals surface area contributed by atoms with Crippen LogP contribution in [0.4, 0.5) is 0 Å². The lowest BCUT2D eigenvalue weighted by Gasteiger charge is -2.02. The molecule has 446 valence electrons. The van der Waals surface area contributed by atoms with Gasteiger partial charge >= 0.3 is 0 Å². The number of hydrogen-bond donors (Lipinski definition) is 2. The number of rotatable bonds is 29. The molecule has 8 bridgehead atoms. The Balaban J connectivity index is 0.945. The lowest BCUT2D eigenvalue weighted by Crippen LogP contribution is -1.85. The van der Waals surface area contributed by atoms with Crippen LogP contribution in [0.15, 0.2) is 66.0 Å². The topological polar surface area (TPSA) is 109 Å². The van der Waals surface area contributed by atoms with Crippen LogP contribution in [-0.4, -0.2) is 39.9 Å². The first-order chi connectivity index (χ1) is 42.4. The number of nitrogens with one attached hydrogen (secondary N) is 2. The van der Waals surface area contributed by atoms with Gasteiger partial charge in [-0.05, 0) is 141 Å². The summed E-state index contributed by atoms with van der Waals surface area (Å²) in [5.74, 6) is 2.81. The van der Waals surface area contributed by atoms with Crippen molar-refractivity contribution in [3.8, 4) is 83.2 Å². The molecule has 0 fully saturated rings. The average Bonchev–Trinajstić information content (AvgIpc) is 1.67. The highest BCUT2D eigenvalue weighted by Crippen LogP contribution is 2.50. The standard InChI is InChI=1S/C70H78N8S8/c1-6-11-16-21-26-42-35-36-79-57(42)53-33-31-51(83-53)52-32-34-54(84-52)58-43(27-22-17-12-7-2)37-55(85-58)56-41-50-62(86-56)70-76-65-49-40-46(30-25-20-15-10-5)81-60(49)68(75-65)72-63-47-38-44(28-23-18-13-8-3)80-59(47)67(71-63)73-64-48-39-45(29-24-19-14-9-4)82-61(48)69(74-64)77-66(50)78-70/h31-41H,6-30H2,1-5H3,(H2,71,72,73,74,75,76,77,78). The molecular formula is C70H78N8S8. The molecule has 0 saturated heterocycles. The molecule has 0 unspecified atom stereocenters. The molecule has 11 aromatic heterocycles. The molecule has 2 aliphatic rings. The zero-order chi connectivity index (χ0) is 58.5. The second-order valence-corrected chi connectivity index (χ2v) is 32.0. The molecular weight excluding hydrogens is 1210 g/mol. The SMILES string of the molecule is CCCCCCc1cc2c(s1)-c1nc-2nc2[nH]c(nc3nc(nc4[nH]c(n1)c1cc(CCCCCC)sc41)-c1cc(CCCCCC)sc1-3)c1cc(-c3cc(CCCCCC)c(-c4ccc(-c5ccc(-c6sccc6CCCCCC)s5)s4)s3)sc21. The largest absolute Gasteiger partial charge is 0.323 e. The highest BCUT2D eigenvalue weighted by atomic mass is 32.1. The van der Waals surface area contributed by atoms with E-state index in [9.17, 15) is 0 Å². The molecule has 2 N–H and O–H groups in total. The van der Waals surface area contributed by atoms with Crippen LogP contribution in [0.3, 0.4) is 0 Å². The first-order valence-electron chi connectivity index (χ1n) is 32.1. The van der Waals surface area contributed by atoms with Gasteiger partial charge in [-0.2, -0.15) is 0 Å². The van der Waals surface area contributed by atoms with E-state index in [4.69, 9.17) is 29.9 Å². The second kappa shape index (κ2) is 27.8. The zero-order valence-corrected chi connectivity index (χ0v) is 57.0. The van der Waals surface area contributed by atoms with Gasteiger partial charge in [-0.3, -0.25) is 0 Å². The number of aromatic amines is 2. The van der Waals surface area contributed by atoms with Crippen molar-refractivity contribution in [2.75, 3.05) is 0 Å². The minimum Gasteiger partial charge on any atom is -0.323 e. The Bertz CT molecular complexity index is 4120. The van der Waals surface area contributed by atoms with Crippen LogP contribution in [0.2, 0.25) is 0 Å². The van der Waals surface area contributed by atoms with Gasteiger partial charge in [0, 0.05) is 75.5 Å². The van der Waals surface area contributed by atoms with Gasteiger partial charge in [-0.25, -0.2) is 29.9 Å². The van der Waals surface area contributed by atoms with Crippen LogP contribution in [0.1, 0.15) is 189 Å². The number of thiophene rings is 8. The molecule has 0 saturated carbocycles. The van der Waals surface area contributed by atoms with Gasteiger partial charge in [-0.1, -0.05) is 131 Å². The quantitative estimate of drug-likeness (QED) is 0.0452. The number of nitrogens with zero attached hydrogens (tertiary/aromatic N) is 6. The maximum Gasteiger partial charge on any atom is 0.174 e. The van der Waals surface area contributed by atoms with Crippen molar-refractivity contribution >= 4 is 133 Å². The minimum absolute atomic E-state index is 0.695. The Morgan fingerprint density at radius 1 is 0.314 bits per heavy atom. The van der Waals surface area contributed by atoms with Crippen LogP contribution >= 0.6 is 90.7 Å². The molecule has 13 rings (SSSR count). The Labute approximate surface area is 538 Å². The van der Waals surface area contributed by atoms with E-state index in [1.807, 2.05) is 90.7 Å². The van der Waals surface area contributed by atoms with Gasteiger partial charge in [-0.15, -0.1) is 90.7 Å². The third-order valence-corrected chi connectivity index (χ3v) is 26.6. The summed E-state index contributed by atoms with van der Waals surface area (Å²) >= 11 is 15.1. The van der Waals surface area contributed by atoms with E-state index >= 15 is 0 Å². The van der Waals surface area contributed by atoms with Gasteiger partial charge in [0.25, 0.3) is 0 Å². The molecule has 0 atom stereocenters. The fraction of sp³-hybridized carbons (Fsp3) is 0.429. The summed E-state index contributed by atoms with van der Waals surface area (Å²) in [6, 6.07) is 23.8. The smallest absolute Gasteiger partial charge is 0.174 e. The molecule has 13 heterocycles. The number of fused-ring (bicyclic) bond motifs is 20. The Morgan fingerprint density at radius 3 is 1.29 bits per heavy atom. The van der Waals surface area contributed by atoms with Gasteiger partial charge in [0.1, 0.15) is 11.3 Å². The summed E-state index contributed by atoms with van der Waals surface area (Å²) in [6.45, 7) is 11.4. The van der Waals surface area contributed by atoms with Crippen LogP contribution < -0.4 is 0 Å². The van der Waals surface area contributed by atoms with E-state index in [-0.39, 0.29) is 0 Å². The number of hydrogen-bond acceptors (Lipinski definition) is 14. The number of unbranched alkanes of at least 4 members (excludes halogenated alkanes) is 15. The van der Waals surface area contributed by atoms with Crippen molar-refractivity contribution in [3.05, 3.63) is 91.8 Å². The highest BCUT2D eigenvalue weighted by molar-refractivity contribution is 7.30. The molecule has 11 aromatic rings. The fourth-order valence-electron chi connectivity index (χ4n) is 12.1. The van der Waals surface area contributed by atoms with E-state index in [0.29, 0.717) is 23.3 Å². The lowest BCUT2D eigenvalue weighted by molar-refractivity contribution is 0.668. The van der Waals surface area contributed by atoms with E-state index < -0.39 is 0 Å². The predicted molar refractivity (Wildman–Crippen MR) is 380 cm³/mol. The zero-order valence-electron chi connectivity index (χ0n) is 50.5. The van der Waals surface area contributed by atoms with Crippen molar-refractivity contribution in [2.24, 2.45) is 0 Å².